The van der Waals surface area contributed by atoms with Crippen molar-refractivity contribution < 1.29 is 9.53 Å². The summed E-state index contributed by atoms with van der Waals surface area (Å²) < 4.78 is 7.20. The molecule has 1 aromatic carbocycles. The molecule has 3 fully saturated rings. The van der Waals surface area contributed by atoms with E-state index in [0.717, 1.165) is 6.42 Å². The number of benzene rings is 1. The van der Waals surface area contributed by atoms with E-state index < -0.39 is 11.2 Å². The van der Waals surface area contributed by atoms with E-state index in [1.165, 1.54) is 11.0 Å². The van der Waals surface area contributed by atoms with Crippen LogP contribution in [0.2, 0.25) is 0 Å². The largest absolute Gasteiger partial charge is 0.462 e. The van der Waals surface area contributed by atoms with Crippen molar-refractivity contribution in [3.8, 4) is 0 Å². The summed E-state index contributed by atoms with van der Waals surface area (Å²) in [5.74, 6) is 1.32. The van der Waals surface area contributed by atoms with Crippen molar-refractivity contribution in [2.45, 2.75) is 52.7 Å². The molecule has 144 valence electrons. The highest BCUT2D eigenvalue weighted by atomic mass is 16.5. The van der Waals surface area contributed by atoms with Gasteiger partial charge in [-0.15, -0.1) is 0 Å². The van der Waals surface area contributed by atoms with E-state index in [-0.39, 0.29) is 25.0 Å². The number of carbonyl (C=O) groups is 1. The summed E-state index contributed by atoms with van der Waals surface area (Å²) in [4.78, 5) is 38.8. The van der Waals surface area contributed by atoms with Crippen LogP contribution < -0.4 is 11.2 Å². The zero-order valence-electron chi connectivity index (χ0n) is 16.0. The van der Waals surface area contributed by atoms with E-state index in [4.69, 9.17) is 4.74 Å². The lowest BCUT2D eigenvalue weighted by atomic mass is 9.45. The highest BCUT2D eigenvalue weighted by molar-refractivity contribution is 5.78. The normalized spacial score (nSPS) is 28.6. The third-order valence-corrected chi connectivity index (χ3v) is 7.01. The van der Waals surface area contributed by atoms with Gasteiger partial charge in [-0.05, 0) is 48.1 Å². The number of esters is 1. The summed E-state index contributed by atoms with van der Waals surface area (Å²) in [6.07, 6.45) is 2.25. The Balaban J connectivity index is 1.44. The average Bonchev–Trinajstić information content (AvgIpc) is 2.62. The van der Waals surface area contributed by atoms with Crippen molar-refractivity contribution in [3.63, 3.8) is 0 Å². The smallest absolute Gasteiger partial charge is 0.328 e. The van der Waals surface area contributed by atoms with Crippen LogP contribution in [0.15, 0.2) is 33.9 Å². The van der Waals surface area contributed by atoms with Crippen LogP contribution in [0, 0.1) is 23.2 Å². The molecule has 4 atom stereocenters. The maximum absolute atomic E-state index is 12.4. The Labute approximate surface area is 157 Å². The number of para-hydroxylation sites is 1. The van der Waals surface area contributed by atoms with E-state index in [2.05, 4.69) is 25.8 Å². The number of nitrogens with one attached hydrogen (secondary N) is 1. The molecule has 2 bridgehead atoms. The molecule has 0 spiro atoms. The minimum Gasteiger partial charge on any atom is -0.462 e. The first-order chi connectivity index (χ1) is 12.8. The summed E-state index contributed by atoms with van der Waals surface area (Å²) in [5, 5.41) is 0.439. The fraction of sp³-hybridized carbons (Fsp3) is 0.571. The lowest BCUT2D eigenvalue weighted by molar-refractivity contribution is -0.186. The quantitative estimate of drug-likeness (QED) is 0.839. The molecule has 0 amide bonds. The second kappa shape index (κ2) is 6.36. The number of ether oxygens (including phenoxy) is 1. The summed E-state index contributed by atoms with van der Waals surface area (Å²) >= 11 is 0. The fourth-order valence-electron chi connectivity index (χ4n) is 5.15. The van der Waals surface area contributed by atoms with Gasteiger partial charge in [-0.2, -0.15) is 0 Å². The van der Waals surface area contributed by atoms with E-state index in [1.54, 1.807) is 24.3 Å². The third kappa shape index (κ3) is 2.91. The average molecular weight is 370 g/mol. The molecule has 1 heterocycles. The number of fused-ring (bicyclic) bond motifs is 3. The Morgan fingerprint density at radius 1 is 1.26 bits per heavy atom. The van der Waals surface area contributed by atoms with Gasteiger partial charge in [0.25, 0.3) is 5.56 Å². The molecule has 0 aliphatic heterocycles. The molecule has 3 aliphatic rings. The van der Waals surface area contributed by atoms with Crippen molar-refractivity contribution in [2.24, 2.45) is 23.2 Å². The first-order valence-corrected chi connectivity index (χ1v) is 9.70. The number of hydrogen-bond acceptors (Lipinski definition) is 4. The number of aromatic amines is 1. The van der Waals surface area contributed by atoms with Gasteiger partial charge in [0.15, 0.2) is 0 Å². The third-order valence-electron chi connectivity index (χ3n) is 7.01. The summed E-state index contributed by atoms with van der Waals surface area (Å²) in [7, 11) is 0. The van der Waals surface area contributed by atoms with Crippen molar-refractivity contribution >= 4 is 16.9 Å². The molecule has 3 saturated carbocycles. The first-order valence-electron chi connectivity index (χ1n) is 9.70. The molecule has 1 aromatic heterocycles. The number of carbonyl (C=O) groups excluding carboxylic acids is 1. The van der Waals surface area contributed by atoms with Crippen LogP contribution in [0.25, 0.3) is 10.9 Å². The number of aryl methyl sites for hydroxylation is 1. The number of rotatable bonds is 4. The maximum atomic E-state index is 12.4. The highest BCUT2D eigenvalue weighted by Crippen LogP contribution is 2.61. The van der Waals surface area contributed by atoms with E-state index in [0.29, 0.717) is 34.1 Å². The molecular weight excluding hydrogens is 344 g/mol. The Hall–Kier alpha value is -2.37. The van der Waals surface area contributed by atoms with E-state index in [9.17, 15) is 14.4 Å². The molecule has 0 radical (unpaired) electrons. The van der Waals surface area contributed by atoms with Gasteiger partial charge in [-0.1, -0.05) is 32.9 Å². The first kappa shape index (κ1) is 18.0. The van der Waals surface area contributed by atoms with Crippen LogP contribution in [0.5, 0.6) is 0 Å². The molecule has 1 N–H and O–H groups in total. The van der Waals surface area contributed by atoms with Crippen molar-refractivity contribution in [1.82, 2.24) is 9.55 Å². The van der Waals surface area contributed by atoms with E-state index >= 15 is 0 Å². The van der Waals surface area contributed by atoms with Gasteiger partial charge in [0.2, 0.25) is 0 Å². The maximum Gasteiger partial charge on any atom is 0.328 e. The molecule has 27 heavy (non-hydrogen) atoms. The van der Waals surface area contributed by atoms with Crippen LogP contribution in [0.4, 0.5) is 0 Å². The Morgan fingerprint density at radius 2 is 2.00 bits per heavy atom. The minimum atomic E-state index is -0.500. The Morgan fingerprint density at radius 3 is 2.70 bits per heavy atom. The predicted octanol–water partition coefficient (Wildman–Crippen LogP) is 2.69. The molecule has 2 aromatic rings. The second-order valence-corrected chi connectivity index (χ2v) is 8.66. The van der Waals surface area contributed by atoms with Gasteiger partial charge < -0.3 is 4.74 Å². The van der Waals surface area contributed by atoms with Crippen LogP contribution in [-0.4, -0.2) is 21.6 Å². The van der Waals surface area contributed by atoms with Crippen LogP contribution >= 0.6 is 0 Å². The van der Waals surface area contributed by atoms with Gasteiger partial charge >= 0.3 is 11.7 Å². The van der Waals surface area contributed by atoms with Crippen LogP contribution in [-0.2, 0) is 16.1 Å². The second-order valence-electron chi connectivity index (χ2n) is 8.66. The number of aromatic nitrogens is 2. The van der Waals surface area contributed by atoms with Crippen LogP contribution in [0.1, 0.15) is 40.0 Å². The molecule has 6 nitrogen and oxygen atoms in total. The van der Waals surface area contributed by atoms with E-state index in [1.807, 2.05) is 0 Å². The molecule has 0 unspecified atom stereocenters. The zero-order chi connectivity index (χ0) is 19.3. The molecule has 0 saturated heterocycles. The van der Waals surface area contributed by atoms with Crippen molar-refractivity contribution in [3.05, 3.63) is 45.1 Å². The molecular formula is C21H26N2O4. The fourth-order valence-corrected chi connectivity index (χ4v) is 5.15. The molecule has 3 aliphatic carbocycles. The van der Waals surface area contributed by atoms with Gasteiger partial charge in [0, 0.05) is 6.54 Å². The van der Waals surface area contributed by atoms with Gasteiger partial charge in [0.05, 0.1) is 17.3 Å². The van der Waals surface area contributed by atoms with Gasteiger partial charge in [-0.3, -0.25) is 19.1 Å². The number of H-pyrrole nitrogens is 1. The Kier molecular flexibility index (Phi) is 4.24. The van der Waals surface area contributed by atoms with Gasteiger partial charge in [0.1, 0.15) is 6.10 Å². The summed E-state index contributed by atoms with van der Waals surface area (Å²) in [6, 6.07) is 6.90. The summed E-state index contributed by atoms with van der Waals surface area (Å²) in [5.41, 5.74) is -0.0225. The topological polar surface area (TPSA) is 81.2 Å². The van der Waals surface area contributed by atoms with Gasteiger partial charge in [-0.25, -0.2) is 4.79 Å². The predicted molar refractivity (Wildman–Crippen MR) is 102 cm³/mol. The molecule has 6 heteroatoms. The molecule has 5 rings (SSSR count). The number of hydrogen-bond donors (Lipinski definition) is 1. The lowest BCUT2D eigenvalue weighted by Crippen LogP contribution is -2.57. The standard InChI is InChI=1S/C21H26N2O4/c1-12-15-10-13(21(15,2)3)11-17(12)27-18(24)8-9-23-16-7-5-4-6-14(16)19(25)22-20(23)26/h4-7,12-13,15,17H,8-11H2,1-3H3,(H,22,25,26)/t12-,13+,15+,17-/m0/s1. The lowest BCUT2D eigenvalue weighted by Gasteiger charge is -2.61. The summed E-state index contributed by atoms with van der Waals surface area (Å²) in [6.45, 7) is 7.00. The van der Waals surface area contributed by atoms with Crippen LogP contribution in [0.3, 0.4) is 0 Å². The Bertz CT molecular complexity index is 1000. The zero-order valence-corrected chi connectivity index (χ0v) is 16.0. The highest BCUT2D eigenvalue weighted by Gasteiger charge is 2.57. The van der Waals surface area contributed by atoms with Crippen molar-refractivity contribution in [2.75, 3.05) is 0 Å². The minimum absolute atomic E-state index is 0.0293. The SMILES string of the molecule is C[C@@H]1[C@@H](OC(=O)CCn2c(=O)[nH]c(=O)c3ccccc32)C[C@H]2C[C@H]1C2(C)C. The monoisotopic (exact) mass is 370 g/mol. The van der Waals surface area contributed by atoms with Crippen molar-refractivity contribution in [1.29, 1.82) is 0 Å². The number of nitrogens with zero attached hydrogens (tertiary/aromatic N) is 1.